The molecule has 1 aromatic heterocycles. The molecule has 0 aliphatic rings. The molecule has 0 radical (unpaired) electrons. The number of alkyl halides is 3. The van der Waals surface area contributed by atoms with Crippen molar-refractivity contribution in [1.29, 1.82) is 0 Å². The number of carbonyl (C=O) groups is 2. The third-order valence-corrected chi connectivity index (χ3v) is 3.37. The van der Waals surface area contributed by atoms with Gasteiger partial charge in [0.15, 0.2) is 0 Å². The summed E-state index contributed by atoms with van der Waals surface area (Å²) in [6.07, 6.45) is -4.99. The molecule has 0 fully saturated rings. The van der Waals surface area contributed by atoms with Gasteiger partial charge in [-0.05, 0) is 18.2 Å². The highest BCUT2D eigenvalue weighted by Crippen LogP contribution is 2.32. The van der Waals surface area contributed by atoms with Crippen LogP contribution < -0.4 is 5.32 Å². The number of aromatic carboxylic acids is 1. The van der Waals surface area contributed by atoms with Crippen LogP contribution in [0, 0.1) is 0 Å². The molecule has 0 saturated heterocycles. The molecule has 0 spiro atoms. The van der Waals surface area contributed by atoms with Crippen LogP contribution in [0.2, 0.25) is 0 Å². The zero-order valence-corrected chi connectivity index (χ0v) is 9.93. The summed E-state index contributed by atoms with van der Waals surface area (Å²) in [5.41, 5.74) is -0.0661. The second-order valence-electron chi connectivity index (χ2n) is 3.59. The van der Waals surface area contributed by atoms with E-state index in [4.69, 9.17) is 5.11 Å². The van der Waals surface area contributed by atoms with E-state index in [0.29, 0.717) is 4.70 Å². The lowest BCUT2D eigenvalue weighted by Gasteiger charge is -2.08. The van der Waals surface area contributed by atoms with E-state index < -0.39 is 18.1 Å². The predicted octanol–water partition coefficient (Wildman–Crippen LogP) is 3.10. The van der Waals surface area contributed by atoms with Crippen molar-refractivity contribution in [3.8, 4) is 0 Å². The summed E-state index contributed by atoms with van der Waals surface area (Å²) in [5, 5.41) is 10.8. The van der Waals surface area contributed by atoms with Crippen molar-refractivity contribution < 1.29 is 27.9 Å². The number of hydrogen-bond acceptors (Lipinski definition) is 3. The number of benzene rings is 1. The average Bonchev–Trinajstić information content (AvgIpc) is 2.72. The van der Waals surface area contributed by atoms with Crippen molar-refractivity contribution in [2.24, 2.45) is 0 Å². The summed E-state index contributed by atoms with van der Waals surface area (Å²) < 4.78 is 37.0. The van der Waals surface area contributed by atoms with Crippen LogP contribution in [0.15, 0.2) is 24.3 Å². The maximum absolute atomic E-state index is 12.2. The van der Waals surface area contributed by atoms with Gasteiger partial charge in [0.05, 0.1) is 0 Å². The minimum Gasteiger partial charge on any atom is -0.477 e. The fraction of sp³-hybridized carbons (Fsp3) is 0.0909. The maximum Gasteiger partial charge on any atom is 0.471 e. The van der Waals surface area contributed by atoms with Crippen molar-refractivity contribution in [1.82, 2.24) is 0 Å². The predicted molar refractivity (Wildman–Crippen MR) is 63.5 cm³/mol. The summed E-state index contributed by atoms with van der Waals surface area (Å²) in [7, 11) is 0. The smallest absolute Gasteiger partial charge is 0.471 e. The minimum absolute atomic E-state index is 0.0105. The number of hydrogen-bond donors (Lipinski definition) is 2. The molecule has 1 heterocycles. The van der Waals surface area contributed by atoms with Crippen molar-refractivity contribution in [2.75, 3.05) is 5.32 Å². The zero-order chi connectivity index (χ0) is 14.2. The normalized spacial score (nSPS) is 11.5. The number of carboxylic acid groups (broad SMARTS) is 1. The van der Waals surface area contributed by atoms with E-state index in [-0.39, 0.29) is 16.0 Å². The summed E-state index contributed by atoms with van der Waals surface area (Å²) in [6.45, 7) is 0. The van der Waals surface area contributed by atoms with Crippen LogP contribution >= 0.6 is 11.3 Å². The molecule has 0 bridgehead atoms. The van der Waals surface area contributed by atoms with Crippen LogP contribution in [0.5, 0.6) is 0 Å². The van der Waals surface area contributed by atoms with Gasteiger partial charge in [-0.2, -0.15) is 13.2 Å². The first kappa shape index (κ1) is 13.3. The van der Waals surface area contributed by atoms with Crippen LogP contribution in [0.25, 0.3) is 10.1 Å². The molecule has 0 unspecified atom stereocenters. The SMILES string of the molecule is O=C(O)c1cc2c(NC(=O)C(F)(F)F)cccc2s1. The molecule has 1 aromatic carbocycles. The van der Waals surface area contributed by atoms with E-state index >= 15 is 0 Å². The van der Waals surface area contributed by atoms with Gasteiger partial charge < -0.3 is 10.4 Å². The number of nitrogens with one attached hydrogen (secondary N) is 1. The average molecular weight is 289 g/mol. The number of amides is 1. The van der Waals surface area contributed by atoms with Gasteiger partial charge in [-0.25, -0.2) is 4.79 Å². The molecular formula is C11H6F3NO3S. The summed E-state index contributed by atoms with van der Waals surface area (Å²) in [6, 6.07) is 5.52. The Kier molecular flexibility index (Phi) is 3.19. The lowest BCUT2D eigenvalue weighted by Crippen LogP contribution is -2.29. The second-order valence-corrected chi connectivity index (χ2v) is 4.67. The Morgan fingerprint density at radius 2 is 1.95 bits per heavy atom. The van der Waals surface area contributed by atoms with Gasteiger partial charge in [0.1, 0.15) is 4.88 Å². The van der Waals surface area contributed by atoms with E-state index in [1.165, 1.54) is 18.2 Å². The number of rotatable bonds is 2. The number of anilines is 1. The molecular weight excluding hydrogens is 283 g/mol. The lowest BCUT2D eigenvalue weighted by atomic mass is 10.2. The first-order valence-corrected chi connectivity index (χ1v) is 5.74. The largest absolute Gasteiger partial charge is 0.477 e. The van der Waals surface area contributed by atoms with Crippen molar-refractivity contribution in [3.05, 3.63) is 29.1 Å². The van der Waals surface area contributed by atoms with E-state index in [1.807, 2.05) is 0 Å². The van der Waals surface area contributed by atoms with Gasteiger partial charge in [-0.15, -0.1) is 11.3 Å². The Labute approximate surface area is 108 Å². The van der Waals surface area contributed by atoms with Gasteiger partial charge in [0.25, 0.3) is 0 Å². The van der Waals surface area contributed by atoms with Gasteiger partial charge >= 0.3 is 18.1 Å². The monoisotopic (exact) mass is 289 g/mol. The van der Waals surface area contributed by atoms with Crippen LogP contribution in [-0.2, 0) is 4.79 Å². The zero-order valence-electron chi connectivity index (χ0n) is 9.12. The van der Waals surface area contributed by atoms with Gasteiger partial charge in [-0.3, -0.25) is 4.79 Å². The van der Waals surface area contributed by atoms with Crippen molar-refractivity contribution in [3.63, 3.8) is 0 Å². The number of fused-ring (bicyclic) bond motifs is 1. The first-order valence-electron chi connectivity index (χ1n) is 4.93. The maximum atomic E-state index is 12.2. The molecule has 2 aromatic rings. The molecule has 0 aliphatic carbocycles. The van der Waals surface area contributed by atoms with Gasteiger partial charge in [0, 0.05) is 15.8 Å². The third-order valence-electron chi connectivity index (χ3n) is 2.28. The lowest BCUT2D eigenvalue weighted by molar-refractivity contribution is -0.167. The summed E-state index contributed by atoms with van der Waals surface area (Å²) >= 11 is 0.922. The molecule has 0 saturated carbocycles. The molecule has 2 N–H and O–H groups in total. The Hall–Kier alpha value is -2.09. The summed E-state index contributed by atoms with van der Waals surface area (Å²) in [4.78, 5) is 21.7. The Balaban J connectivity index is 2.44. The fourth-order valence-electron chi connectivity index (χ4n) is 1.47. The number of thiophene rings is 1. The van der Waals surface area contributed by atoms with E-state index in [0.717, 1.165) is 11.3 Å². The molecule has 0 atom stereocenters. The molecule has 19 heavy (non-hydrogen) atoms. The van der Waals surface area contributed by atoms with E-state index in [2.05, 4.69) is 0 Å². The fourth-order valence-corrected chi connectivity index (χ4v) is 2.39. The summed E-state index contributed by atoms with van der Waals surface area (Å²) in [5.74, 6) is -3.27. The number of halogens is 3. The molecule has 0 aliphatic heterocycles. The van der Waals surface area contributed by atoms with Crippen LogP contribution in [0.4, 0.5) is 18.9 Å². The van der Waals surface area contributed by atoms with Crippen LogP contribution in [-0.4, -0.2) is 23.2 Å². The van der Waals surface area contributed by atoms with E-state index in [1.54, 1.807) is 11.4 Å². The van der Waals surface area contributed by atoms with Crippen LogP contribution in [0.3, 0.4) is 0 Å². The molecule has 2 rings (SSSR count). The third kappa shape index (κ3) is 2.68. The highest BCUT2D eigenvalue weighted by atomic mass is 32.1. The van der Waals surface area contributed by atoms with Crippen LogP contribution in [0.1, 0.15) is 9.67 Å². The van der Waals surface area contributed by atoms with E-state index in [9.17, 15) is 22.8 Å². The Bertz CT molecular complexity index is 663. The highest BCUT2D eigenvalue weighted by molar-refractivity contribution is 7.20. The topological polar surface area (TPSA) is 66.4 Å². The van der Waals surface area contributed by atoms with Gasteiger partial charge in [0.2, 0.25) is 0 Å². The standard InChI is InChI=1S/C11H6F3NO3S/c12-11(13,14)10(18)15-6-2-1-3-7-5(6)4-8(19-7)9(16)17/h1-4H,(H,15,18)(H,16,17). The molecule has 100 valence electrons. The van der Waals surface area contributed by atoms with Gasteiger partial charge in [-0.1, -0.05) is 6.07 Å². The Morgan fingerprint density at radius 3 is 2.53 bits per heavy atom. The Morgan fingerprint density at radius 1 is 1.26 bits per heavy atom. The van der Waals surface area contributed by atoms with Crippen molar-refractivity contribution >= 4 is 39.0 Å². The highest BCUT2D eigenvalue weighted by Gasteiger charge is 2.38. The number of carbonyl (C=O) groups excluding carboxylic acids is 1. The first-order chi connectivity index (χ1) is 8.79. The minimum atomic E-state index is -4.99. The molecule has 8 heteroatoms. The molecule has 4 nitrogen and oxygen atoms in total. The molecule has 1 amide bonds. The quantitative estimate of drug-likeness (QED) is 0.892. The second kappa shape index (κ2) is 4.54. The number of carboxylic acids is 1. The van der Waals surface area contributed by atoms with Crippen molar-refractivity contribution in [2.45, 2.75) is 6.18 Å².